The van der Waals surface area contributed by atoms with Gasteiger partial charge in [0.05, 0.1) is 0 Å². The maximum Gasteiger partial charge on any atom is 0.511 e. The fraction of sp³-hybridized carbons (Fsp3) is 0.125. The van der Waals surface area contributed by atoms with Crippen molar-refractivity contribution in [1.82, 2.24) is 0 Å². The first kappa shape index (κ1) is 10.9. The van der Waals surface area contributed by atoms with Crippen LogP contribution < -0.4 is 4.74 Å². The summed E-state index contributed by atoms with van der Waals surface area (Å²) in [6, 6.07) is 1.63. The molecule has 0 spiro atoms. The number of halogens is 3. The summed E-state index contributed by atoms with van der Waals surface area (Å²) in [5.74, 6) is -2.08. The lowest BCUT2D eigenvalue weighted by Crippen LogP contribution is -2.04. The second kappa shape index (κ2) is 4.36. The molecule has 0 aliphatic rings. The summed E-state index contributed by atoms with van der Waals surface area (Å²) in [7, 11) is 0. The Morgan fingerprint density at radius 3 is 2.29 bits per heavy atom. The molecule has 0 bridgehead atoms. The SMILES string of the molecule is O=C(O)Oc1cc(F)c(CBr)c(F)c1. The van der Waals surface area contributed by atoms with Crippen molar-refractivity contribution >= 4 is 22.1 Å². The van der Waals surface area contributed by atoms with E-state index in [4.69, 9.17) is 5.11 Å². The maximum absolute atomic E-state index is 13.0. The average molecular weight is 267 g/mol. The van der Waals surface area contributed by atoms with Crippen molar-refractivity contribution in [1.29, 1.82) is 0 Å². The van der Waals surface area contributed by atoms with Gasteiger partial charge in [0.25, 0.3) is 0 Å². The van der Waals surface area contributed by atoms with Crippen molar-refractivity contribution in [3.8, 4) is 5.75 Å². The van der Waals surface area contributed by atoms with E-state index in [2.05, 4.69) is 20.7 Å². The van der Waals surface area contributed by atoms with Gasteiger partial charge in [-0.3, -0.25) is 0 Å². The van der Waals surface area contributed by atoms with Crippen LogP contribution in [0.3, 0.4) is 0 Å². The number of alkyl halides is 1. The third-order valence-corrected chi connectivity index (χ3v) is 2.01. The largest absolute Gasteiger partial charge is 0.511 e. The van der Waals surface area contributed by atoms with Crippen LogP contribution in [0, 0.1) is 11.6 Å². The zero-order chi connectivity index (χ0) is 10.7. The highest BCUT2D eigenvalue weighted by Crippen LogP contribution is 2.22. The van der Waals surface area contributed by atoms with Crippen LogP contribution in [0.4, 0.5) is 13.6 Å². The van der Waals surface area contributed by atoms with E-state index < -0.39 is 17.8 Å². The minimum absolute atomic E-state index is 0.0119. The van der Waals surface area contributed by atoms with Crippen LogP contribution in [0.1, 0.15) is 5.56 Å². The molecule has 0 fully saturated rings. The molecule has 1 aromatic carbocycles. The monoisotopic (exact) mass is 266 g/mol. The van der Waals surface area contributed by atoms with E-state index >= 15 is 0 Å². The van der Waals surface area contributed by atoms with Crippen LogP contribution in [-0.4, -0.2) is 11.3 Å². The highest BCUT2D eigenvalue weighted by Gasteiger charge is 2.12. The molecule has 0 atom stereocenters. The van der Waals surface area contributed by atoms with E-state index in [1.165, 1.54) is 0 Å². The fourth-order valence-corrected chi connectivity index (χ4v) is 1.40. The first-order valence-corrected chi connectivity index (χ1v) is 4.61. The number of carbonyl (C=O) groups is 1. The van der Waals surface area contributed by atoms with Crippen molar-refractivity contribution in [2.45, 2.75) is 5.33 Å². The molecule has 14 heavy (non-hydrogen) atoms. The summed E-state index contributed by atoms with van der Waals surface area (Å²) >= 11 is 2.90. The predicted molar refractivity (Wildman–Crippen MR) is 47.6 cm³/mol. The van der Waals surface area contributed by atoms with Gasteiger partial charge >= 0.3 is 6.16 Å². The van der Waals surface area contributed by atoms with Crippen LogP contribution in [0.25, 0.3) is 0 Å². The second-order valence-electron chi connectivity index (χ2n) is 2.37. The van der Waals surface area contributed by atoms with Gasteiger partial charge in [0, 0.05) is 23.0 Å². The van der Waals surface area contributed by atoms with Crippen LogP contribution in [0.2, 0.25) is 0 Å². The van der Waals surface area contributed by atoms with Gasteiger partial charge in [-0.25, -0.2) is 13.6 Å². The molecule has 0 unspecified atom stereocenters. The highest BCUT2D eigenvalue weighted by atomic mass is 79.9. The summed E-state index contributed by atoms with van der Waals surface area (Å²) in [5, 5.41) is 8.21. The molecule has 0 radical (unpaired) electrons. The molecule has 1 N–H and O–H groups in total. The van der Waals surface area contributed by atoms with Gasteiger partial charge in [-0.2, -0.15) is 0 Å². The van der Waals surface area contributed by atoms with E-state index in [0.29, 0.717) is 0 Å². The normalized spacial score (nSPS) is 9.93. The van der Waals surface area contributed by atoms with E-state index in [1.807, 2.05) is 0 Å². The number of hydrogen-bond acceptors (Lipinski definition) is 2. The Hall–Kier alpha value is -1.17. The van der Waals surface area contributed by atoms with Crippen molar-refractivity contribution < 1.29 is 23.4 Å². The topological polar surface area (TPSA) is 46.5 Å². The lowest BCUT2D eigenvalue weighted by molar-refractivity contribution is 0.144. The smallest absolute Gasteiger partial charge is 0.449 e. The zero-order valence-corrected chi connectivity index (χ0v) is 8.35. The molecule has 0 saturated carbocycles. The van der Waals surface area contributed by atoms with Crippen LogP contribution >= 0.6 is 15.9 Å². The summed E-state index contributed by atoms with van der Waals surface area (Å²) in [6.45, 7) is 0. The minimum atomic E-state index is -1.62. The summed E-state index contributed by atoms with van der Waals surface area (Å²) in [6.07, 6.45) is -1.62. The molecule has 76 valence electrons. The quantitative estimate of drug-likeness (QED) is 0.509. The average Bonchev–Trinajstić information content (AvgIpc) is 2.01. The summed E-state index contributed by atoms with van der Waals surface area (Å²) in [5.41, 5.74) is -0.164. The van der Waals surface area contributed by atoms with Crippen molar-refractivity contribution in [2.75, 3.05) is 0 Å². The minimum Gasteiger partial charge on any atom is -0.449 e. The fourth-order valence-electron chi connectivity index (χ4n) is 0.867. The molecule has 3 nitrogen and oxygen atoms in total. The van der Waals surface area contributed by atoms with Gasteiger partial charge in [-0.1, -0.05) is 15.9 Å². The molecule has 0 saturated heterocycles. The van der Waals surface area contributed by atoms with Crippen LogP contribution in [-0.2, 0) is 5.33 Å². The standard InChI is InChI=1S/C8H5BrF2O3/c9-3-5-6(10)1-4(2-7(5)11)14-8(12)13/h1-2H,3H2,(H,12,13). The first-order valence-electron chi connectivity index (χ1n) is 3.49. The van der Waals surface area contributed by atoms with Crippen LogP contribution in [0.15, 0.2) is 12.1 Å². The molecule has 0 aliphatic heterocycles. The first-order chi connectivity index (χ1) is 6.54. The number of rotatable bonds is 2. The highest BCUT2D eigenvalue weighted by molar-refractivity contribution is 9.08. The van der Waals surface area contributed by atoms with Gasteiger partial charge in [0.1, 0.15) is 17.4 Å². The lowest BCUT2D eigenvalue weighted by atomic mass is 10.2. The Labute approximate surface area is 86.4 Å². The van der Waals surface area contributed by atoms with E-state index in [1.54, 1.807) is 0 Å². The molecule has 0 aliphatic carbocycles. The molecular formula is C8H5BrF2O3. The molecule has 6 heteroatoms. The van der Waals surface area contributed by atoms with Gasteiger partial charge in [-0.05, 0) is 0 Å². The van der Waals surface area contributed by atoms with Crippen molar-refractivity contribution in [3.05, 3.63) is 29.3 Å². The Morgan fingerprint density at radius 1 is 1.43 bits per heavy atom. The van der Waals surface area contributed by atoms with Gasteiger partial charge < -0.3 is 9.84 Å². The molecular weight excluding hydrogens is 262 g/mol. The number of carboxylic acid groups (broad SMARTS) is 1. The third kappa shape index (κ3) is 2.41. The second-order valence-corrected chi connectivity index (χ2v) is 2.93. The maximum atomic E-state index is 13.0. The Morgan fingerprint density at radius 2 is 1.93 bits per heavy atom. The number of ether oxygens (including phenoxy) is 1. The lowest BCUT2D eigenvalue weighted by Gasteiger charge is -2.04. The van der Waals surface area contributed by atoms with Crippen molar-refractivity contribution in [3.63, 3.8) is 0 Å². The molecule has 0 aromatic heterocycles. The van der Waals surface area contributed by atoms with Crippen molar-refractivity contribution in [2.24, 2.45) is 0 Å². The Kier molecular flexibility index (Phi) is 3.40. The van der Waals surface area contributed by atoms with E-state index in [9.17, 15) is 13.6 Å². The molecule has 1 rings (SSSR count). The van der Waals surface area contributed by atoms with Crippen LogP contribution in [0.5, 0.6) is 5.75 Å². The Bertz CT molecular complexity index is 345. The predicted octanol–water partition coefficient (Wildman–Crippen LogP) is 2.92. The molecule has 0 heterocycles. The summed E-state index contributed by atoms with van der Waals surface area (Å²) in [4.78, 5) is 10.1. The van der Waals surface area contributed by atoms with Gasteiger partial charge in [0.2, 0.25) is 0 Å². The number of hydrogen-bond donors (Lipinski definition) is 1. The summed E-state index contributed by atoms with van der Waals surface area (Å²) < 4.78 is 30.1. The zero-order valence-electron chi connectivity index (χ0n) is 6.76. The van der Waals surface area contributed by atoms with E-state index in [-0.39, 0.29) is 16.6 Å². The number of benzene rings is 1. The van der Waals surface area contributed by atoms with E-state index in [0.717, 1.165) is 12.1 Å². The van der Waals surface area contributed by atoms with Gasteiger partial charge in [-0.15, -0.1) is 0 Å². The Balaban J connectivity index is 3.07. The third-order valence-electron chi connectivity index (χ3n) is 1.45. The van der Waals surface area contributed by atoms with Gasteiger partial charge in [0.15, 0.2) is 0 Å². The molecule has 0 amide bonds. The molecule has 1 aromatic rings.